The van der Waals surface area contributed by atoms with E-state index in [0.29, 0.717) is 5.25 Å². The van der Waals surface area contributed by atoms with Gasteiger partial charge < -0.3 is 0 Å². The van der Waals surface area contributed by atoms with Gasteiger partial charge in [-0.15, -0.1) is 11.3 Å². The number of thiophene rings is 1. The van der Waals surface area contributed by atoms with Gasteiger partial charge >= 0.3 is 0 Å². The third-order valence-corrected chi connectivity index (χ3v) is 4.58. The molecule has 0 bridgehead atoms. The lowest BCUT2D eigenvalue weighted by molar-refractivity contribution is 0.629. The minimum Gasteiger partial charge on any atom is -0.286 e. The molecule has 0 aromatic carbocycles. The number of aryl methyl sites for hydroxylation is 1. The normalized spacial score (nSPS) is 19.7. The Morgan fingerprint density at radius 2 is 2.40 bits per heavy atom. The number of nitrogens with zero attached hydrogens (tertiary/aromatic N) is 2. The Hall–Kier alpha value is -0.810. The minimum absolute atomic E-state index is 0.130. The van der Waals surface area contributed by atoms with E-state index in [4.69, 9.17) is 0 Å². The molecule has 0 saturated carbocycles. The molecule has 0 N–H and O–H groups in total. The second-order valence-corrected chi connectivity index (χ2v) is 6.28. The van der Waals surface area contributed by atoms with Crippen molar-refractivity contribution in [1.82, 2.24) is 9.55 Å². The van der Waals surface area contributed by atoms with Crippen molar-refractivity contribution in [1.29, 1.82) is 0 Å². The minimum atomic E-state index is 0.130. The Kier molecular flexibility index (Phi) is 1.94. The van der Waals surface area contributed by atoms with E-state index in [9.17, 15) is 4.79 Å². The zero-order valence-corrected chi connectivity index (χ0v) is 10.1. The molecule has 78 valence electrons. The van der Waals surface area contributed by atoms with Gasteiger partial charge in [0.15, 0.2) is 5.16 Å². The largest absolute Gasteiger partial charge is 0.286 e. The molecule has 1 aliphatic heterocycles. The van der Waals surface area contributed by atoms with Crippen molar-refractivity contribution in [2.75, 3.05) is 0 Å². The molecule has 0 fully saturated rings. The molecule has 1 aliphatic rings. The Morgan fingerprint density at radius 1 is 1.60 bits per heavy atom. The molecule has 3 rings (SSSR count). The first kappa shape index (κ1) is 9.42. The first-order valence-corrected chi connectivity index (χ1v) is 6.58. The summed E-state index contributed by atoms with van der Waals surface area (Å²) in [5.74, 6) is 0. The fraction of sp³-hybridized carbons (Fsp3) is 0.400. The van der Waals surface area contributed by atoms with E-state index >= 15 is 0 Å². The smallest absolute Gasteiger partial charge is 0.263 e. The summed E-state index contributed by atoms with van der Waals surface area (Å²) in [7, 11) is 0. The van der Waals surface area contributed by atoms with Gasteiger partial charge in [-0.1, -0.05) is 18.7 Å². The van der Waals surface area contributed by atoms with E-state index < -0.39 is 0 Å². The van der Waals surface area contributed by atoms with Gasteiger partial charge in [-0.2, -0.15) is 0 Å². The number of thioether (sulfide) groups is 1. The zero-order chi connectivity index (χ0) is 10.6. The van der Waals surface area contributed by atoms with Crippen molar-refractivity contribution in [2.24, 2.45) is 0 Å². The topological polar surface area (TPSA) is 34.9 Å². The van der Waals surface area contributed by atoms with Gasteiger partial charge in [0.25, 0.3) is 5.56 Å². The molecule has 0 radical (unpaired) electrons. The fourth-order valence-corrected chi connectivity index (χ4v) is 3.68. The van der Waals surface area contributed by atoms with Gasteiger partial charge in [0.05, 0.1) is 10.9 Å². The third kappa shape index (κ3) is 1.26. The summed E-state index contributed by atoms with van der Waals surface area (Å²) >= 11 is 3.29. The number of hydrogen-bond donors (Lipinski definition) is 0. The van der Waals surface area contributed by atoms with Gasteiger partial charge in [0.1, 0.15) is 0 Å². The van der Waals surface area contributed by atoms with Crippen LogP contribution in [0.15, 0.2) is 15.3 Å². The molecule has 2 aromatic heterocycles. The predicted octanol–water partition coefficient (Wildman–Crippen LogP) is 2.26. The summed E-state index contributed by atoms with van der Waals surface area (Å²) in [5, 5.41) is 4.10. The Balaban J connectivity index is 2.42. The number of rotatable bonds is 0. The fourth-order valence-electron chi connectivity index (χ4n) is 1.90. The number of aromatic nitrogens is 2. The molecule has 3 heterocycles. The van der Waals surface area contributed by atoms with Crippen LogP contribution in [0.1, 0.15) is 11.8 Å². The number of hydrogen-bond acceptors (Lipinski definition) is 4. The summed E-state index contributed by atoms with van der Waals surface area (Å²) in [5.41, 5.74) is 0.987. The summed E-state index contributed by atoms with van der Waals surface area (Å²) in [6.45, 7) is 4.89. The van der Waals surface area contributed by atoms with Gasteiger partial charge in [-0.25, -0.2) is 4.98 Å². The van der Waals surface area contributed by atoms with E-state index in [0.717, 1.165) is 27.5 Å². The Labute approximate surface area is 95.1 Å². The standard InChI is InChI=1S/C10H10N2OS2/c1-5-3-12-9(13)8-6(2)14-4-7(8)11-10(12)15-5/h4-5H,3H2,1-2H3. The van der Waals surface area contributed by atoms with Crippen molar-refractivity contribution in [3.05, 3.63) is 20.6 Å². The Morgan fingerprint density at radius 3 is 3.20 bits per heavy atom. The predicted molar refractivity (Wildman–Crippen MR) is 63.9 cm³/mol. The highest BCUT2D eigenvalue weighted by molar-refractivity contribution is 7.99. The third-order valence-electron chi connectivity index (χ3n) is 2.61. The molecular weight excluding hydrogens is 228 g/mol. The molecule has 15 heavy (non-hydrogen) atoms. The zero-order valence-electron chi connectivity index (χ0n) is 8.48. The lowest BCUT2D eigenvalue weighted by atomic mass is 10.3. The van der Waals surface area contributed by atoms with Gasteiger partial charge in [-0.3, -0.25) is 9.36 Å². The quantitative estimate of drug-likeness (QED) is 0.660. The van der Waals surface area contributed by atoms with Crippen LogP contribution in [-0.2, 0) is 6.54 Å². The molecule has 0 spiro atoms. The van der Waals surface area contributed by atoms with E-state index in [1.165, 1.54) is 0 Å². The van der Waals surface area contributed by atoms with Crippen LogP contribution in [0, 0.1) is 6.92 Å². The molecule has 0 aliphatic carbocycles. The van der Waals surface area contributed by atoms with E-state index in [1.54, 1.807) is 27.7 Å². The first-order chi connectivity index (χ1) is 7.16. The van der Waals surface area contributed by atoms with Crippen LogP contribution < -0.4 is 5.56 Å². The van der Waals surface area contributed by atoms with Crippen molar-refractivity contribution in [2.45, 2.75) is 30.8 Å². The van der Waals surface area contributed by atoms with E-state index in [2.05, 4.69) is 11.9 Å². The summed E-state index contributed by atoms with van der Waals surface area (Å²) in [6.07, 6.45) is 0. The number of fused-ring (bicyclic) bond motifs is 2. The van der Waals surface area contributed by atoms with Crippen LogP contribution in [0.2, 0.25) is 0 Å². The highest BCUT2D eigenvalue weighted by atomic mass is 32.2. The second-order valence-electron chi connectivity index (χ2n) is 3.79. The first-order valence-electron chi connectivity index (χ1n) is 4.82. The summed E-state index contributed by atoms with van der Waals surface area (Å²) in [4.78, 5) is 17.8. The van der Waals surface area contributed by atoms with Crippen LogP contribution in [0.25, 0.3) is 10.9 Å². The lowest BCUT2D eigenvalue weighted by Gasteiger charge is -2.00. The molecule has 1 unspecified atom stereocenters. The van der Waals surface area contributed by atoms with Crippen molar-refractivity contribution in [3.63, 3.8) is 0 Å². The van der Waals surface area contributed by atoms with Crippen LogP contribution >= 0.6 is 23.1 Å². The molecule has 5 heteroatoms. The highest BCUT2D eigenvalue weighted by Gasteiger charge is 2.23. The van der Waals surface area contributed by atoms with Crippen LogP contribution in [-0.4, -0.2) is 14.8 Å². The maximum absolute atomic E-state index is 12.2. The summed E-state index contributed by atoms with van der Waals surface area (Å²) in [6, 6.07) is 0. The lowest BCUT2D eigenvalue weighted by Crippen LogP contribution is -2.21. The Bertz CT molecular complexity index is 599. The highest BCUT2D eigenvalue weighted by Crippen LogP contribution is 2.31. The second kappa shape index (κ2) is 3.09. The molecule has 2 aromatic rings. The molecule has 3 nitrogen and oxygen atoms in total. The average Bonchev–Trinajstić information content (AvgIpc) is 2.71. The molecule has 0 amide bonds. The van der Waals surface area contributed by atoms with Gasteiger partial charge in [0, 0.05) is 22.1 Å². The van der Waals surface area contributed by atoms with Crippen molar-refractivity contribution >= 4 is 34.0 Å². The van der Waals surface area contributed by atoms with Crippen molar-refractivity contribution in [3.8, 4) is 0 Å². The molecule has 1 atom stereocenters. The monoisotopic (exact) mass is 238 g/mol. The van der Waals surface area contributed by atoms with Crippen LogP contribution in [0.4, 0.5) is 0 Å². The van der Waals surface area contributed by atoms with E-state index in [-0.39, 0.29) is 5.56 Å². The average molecular weight is 238 g/mol. The molecular formula is C10H10N2OS2. The van der Waals surface area contributed by atoms with Crippen LogP contribution in [0.5, 0.6) is 0 Å². The molecule has 0 saturated heterocycles. The van der Waals surface area contributed by atoms with Crippen LogP contribution in [0.3, 0.4) is 0 Å². The van der Waals surface area contributed by atoms with Gasteiger partial charge in [-0.05, 0) is 6.92 Å². The van der Waals surface area contributed by atoms with Crippen molar-refractivity contribution < 1.29 is 0 Å². The van der Waals surface area contributed by atoms with E-state index in [1.807, 2.05) is 12.3 Å². The SMILES string of the molecule is Cc1scc2nc3n(c(=O)c12)CC(C)S3. The van der Waals surface area contributed by atoms with Gasteiger partial charge in [0.2, 0.25) is 0 Å². The summed E-state index contributed by atoms with van der Waals surface area (Å²) < 4.78 is 1.80. The maximum atomic E-state index is 12.2. The maximum Gasteiger partial charge on any atom is 0.263 e.